The summed E-state index contributed by atoms with van der Waals surface area (Å²) in [5, 5.41) is 9.52. The van der Waals surface area contributed by atoms with Gasteiger partial charge in [-0.2, -0.15) is 0 Å². The third-order valence-electron chi connectivity index (χ3n) is 6.03. The van der Waals surface area contributed by atoms with Crippen LogP contribution in [0.5, 0.6) is 11.5 Å². The van der Waals surface area contributed by atoms with Crippen molar-refractivity contribution in [3.8, 4) is 22.6 Å². The van der Waals surface area contributed by atoms with Crippen molar-refractivity contribution in [3.05, 3.63) is 90.0 Å². The Bertz CT molecular complexity index is 1390. The van der Waals surface area contributed by atoms with Gasteiger partial charge >= 0.3 is 0 Å². The molecule has 182 valence electrons. The zero-order chi connectivity index (χ0) is 25.1. The molecule has 9 nitrogen and oxygen atoms in total. The molecule has 5 rings (SSSR count). The van der Waals surface area contributed by atoms with E-state index in [1.165, 1.54) is 4.90 Å². The number of hydrogen-bond donors (Lipinski definition) is 2. The number of fused-ring (bicyclic) bond motifs is 1. The van der Waals surface area contributed by atoms with Gasteiger partial charge in [-0.15, -0.1) is 5.10 Å². The number of H-pyrrole nitrogens is 1. The Morgan fingerprint density at radius 3 is 2.61 bits per heavy atom. The second-order valence-corrected chi connectivity index (χ2v) is 8.41. The summed E-state index contributed by atoms with van der Waals surface area (Å²) in [6, 6.07) is 22.2. The predicted octanol–water partition coefficient (Wildman–Crippen LogP) is 3.22. The molecule has 1 aliphatic heterocycles. The lowest BCUT2D eigenvalue weighted by Gasteiger charge is -2.20. The van der Waals surface area contributed by atoms with Gasteiger partial charge in [-0.25, -0.2) is 4.98 Å². The van der Waals surface area contributed by atoms with Crippen LogP contribution in [0.25, 0.3) is 11.1 Å². The first-order chi connectivity index (χ1) is 17.5. The van der Waals surface area contributed by atoms with E-state index in [0.29, 0.717) is 23.7 Å². The van der Waals surface area contributed by atoms with Gasteiger partial charge in [-0.1, -0.05) is 48.5 Å². The number of amides is 2. The van der Waals surface area contributed by atoms with Crippen molar-refractivity contribution in [2.75, 3.05) is 25.7 Å². The van der Waals surface area contributed by atoms with Crippen molar-refractivity contribution in [2.45, 2.75) is 12.5 Å². The average molecular weight is 484 g/mol. The van der Waals surface area contributed by atoms with Crippen LogP contribution in [-0.4, -0.2) is 53.8 Å². The maximum absolute atomic E-state index is 13.2. The summed E-state index contributed by atoms with van der Waals surface area (Å²) >= 11 is 0. The number of anilines is 1. The Morgan fingerprint density at radius 2 is 1.86 bits per heavy atom. The van der Waals surface area contributed by atoms with Gasteiger partial charge in [0.2, 0.25) is 5.82 Å². The minimum atomic E-state index is -0.893. The zero-order valence-corrected chi connectivity index (χ0v) is 19.9. The third kappa shape index (κ3) is 4.76. The predicted molar refractivity (Wildman–Crippen MR) is 134 cm³/mol. The van der Waals surface area contributed by atoms with Crippen molar-refractivity contribution >= 4 is 17.5 Å². The van der Waals surface area contributed by atoms with Gasteiger partial charge in [0.25, 0.3) is 11.8 Å². The van der Waals surface area contributed by atoms with Gasteiger partial charge in [0.15, 0.2) is 0 Å². The molecule has 0 radical (unpaired) electrons. The van der Waals surface area contributed by atoms with E-state index in [-0.39, 0.29) is 18.3 Å². The van der Waals surface area contributed by atoms with Crippen molar-refractivity contribution in [3.63, 3.8) is 0 Å². The number of nitrogens with zero attached hydrogens (tertiary/aromatic N) is 3. The first-order valence-corrected chi connectivity index (χ1v) is 11.5. The second-order valence-electron chi connectivity index (χ2n) is 8.41. The van der Waals surface area contributed by atoms with E-state index in [4.69, 9.17) is 9.47 Å². The number of aromatic amines is 1. The van der Waals surface area contributed by atoms with Crippen LogP contribution >= 0.6 is 0 Å². The molecule has 1 aromatic heterocycles. The first-order valence-electron chi connectivity index (χ1n) is 11.5. The molecule has 2 heterocycles. The Balaban J connectivity index is 1.29. The maximum Gasteiger partial charge on any atom is 0.291 e. The molecule has 1 aliphatic rings. The molecular weight excluding hydrogens is 458 g/mol. The fourth-order valence-corrected chi connectivity index (χ4v) is 4.05. The summed E-state index contributed by atoms with van der Waals surface area (Å²) in [5.41, 5.74) is 3.56. The molecule has 2 amide bonds. The highest BCUT2D eigenvalue weighted by molar-refractivity contribution is 6.02. The van der Waals surface area contributed by atoms with Crippen LogP contribution in [0.1, 0.15) is 22.0 Å². The molecule has 0 unspecified atom stereocenters. The molecule has 0 saturated heterocycles. The fraction of sp³-hybridized carbons (Fsp3) is 0.185. The average Bonchev–Trinajstić information content (AvgIpc) is 3.35. The zero-order valence-electron chi connectivity index (χ0n) is 19.9. The van der Waals surface area contributed by atoms with E-state index in [1.54, 1.807) is 14.2 Å². The van der Waals surface area contributed by atoms with Crippen LogP contribution in [0.2, 0.25) is 0 Å². The summed E-state index contributed by atoms with van der Waals surface area (Å²) in [6.45, 7) is -0.00884. The number of methoxy groups -OCH3 is 1. The minimum absolute atomic E-state index is 0.00884. The number of rotatable bonds is 6. The topological polar surface area (TPSA) is 109 Å². The van der Waals surface area contributed by atoms with Gasteiger partial charge in [-0.05, 0) is 41.0 Å². The number of carbonyl (C=O) groups is 2. The largest absolute Gasteiger partial charge is 0.497 e. The molecule has 9 heteroatoms. The van der Waals surface area contributed by atoms with Crippen LogP contribution in [-0.2, 0) is 11.2 Å². The van der Waals surface area contributed by atoms with Crippen LogP contribution in [0, 0.1) is 0 Å². The highest BCUT2D eigenvalue weighted by atomic mass is 16.5. The number of ether oxygens (including phenoxy) is 2. The monoisotopic (exact) mass is 483 g/mol. The van der Waals surface area contributed by atoms with E-state index in [2.05, 4.69) is 20.5 Å². The van der Waals surface area contributed by atoms with Gasteiger partial charge in [0, 0.05) is 13.5 Å². The Kier molecular flexibility index (Phi) is 6.36. The van der Waals surface area contributed by atoms with E-state index in [1.807, 2.05) is 72.8 Å². The van der Waals surface area contributed by atoms with Crippen molar-refractivity contribution in [1.29, 1.82) is 0 Å². The number of aromatic nitrogens is 3. The van der Waals surface area contributed by atoms with E-state index in [9.17, 15) is 9.59 Å². The van der Waals surface area contributed by atoms with Crippen LogP contribution < -0.4 is 19.7 Å². The van der Waals surface area contributed by atoms with Gasteiger partial charge < -0.3 is 19.7 Å². The number of carbonyl (C=O) groups excluding carboxylic acids is 2. The number of hydrogen-bond acceptors (Lipinski definition) is 6. The standard InChI is InChI=1S/C27H25N5O4/c1-32-22-15-19(18-8-11-20(35-2)12-9-18)10-13-23(22)36-16-21(27(32)34)28-26(33)25-29-24(30-31-25)14-17-6-4-3-5-7-17/h3-13,15,21H,14,16H2,1-2H3,(H,28,33)(H,29,30,31)/t21-/m0/s1. The fourth-order valence-electron chi connectivity index (χ4n) is 4.05. The Hall–Kier alpha value is -4.66. The second kappa shape index (κ2) is 9.91. The lowest BCUT2D eigenvalue weighted by atomic mass is 10.0. The van der Waals surface area contributed by atoms with E-state index in [0.717, 1.165) is 22.4 Å². The smallest absolute Gasteiger partial charge is 0.291 e. The van der Waals surface area contributed by atoms with Gasteiger partial charge in [-0.3, -0.25) is 14.7 Å². The quantitative estimate of drug-likeness (QED) is 0.436. The molecule has 0 spiro atoms. The van der Waals surface area contributed by atoms with E-state index < -0.39 is 11.9 Å². The number of likely N-dealkylation sites (N-methyl/N-ethyl adjacent to an activating group) is 1. The highest BCUT2D eigenvalue weighted by Gasteiger charge is 2.31. The maximum atomic E-state index is 13.2. The molecular formula is C27H25N5O4. The summed E-state index contributed by atoms with van der Waals surface area (Å²) in [4.78, 5) is 31.8. The van der Waals surface area contributed by atoms with Crippen molar-refractivity contribution < 1.29 is 19.1 Å². The Morgan fingerprint density at radius 1 is 1.11 bits per heavy atom. The van der Waals surface area contributed by atoms with E-state index >= 15 is 0 Å². The molecule has 0 saturated carbocycles. The van der Waals surface area contributed by atoms with Crippen LogP contribution in [0.3, 0.4) is 0 Å². The molecule has 2 N–H and O–H groups in total. The number of nitrogens with one attached hydrogen (secondary N) is 2. The molecule has 36 heavy (non-hydrogen) atoms. The Labute approximate surface area is 208 Å². The minimum Gasteiger partial charge on any atom is -0.497 e. The van der Waals surface area contributed by atoms with Crippen molar-refractivity contribution in [2.24, 2.45) is 0 Å². The highest BCUT2D eigenvalue weighted by Crippen LogP contribution is 2.35. The summed E-state index contributed by atoms with van der Waals surface area (Å²) in [5.74, 6) is 1.01. The van der Waals surface area contributed by atoms with Crippen LogP contribution in [0.4, 0.5) is 5.69 Å². The van der Waals surface area contributed by atoms with Crippen molar-refractivity contribution in [1.82, 2.24) is 20.5 Å². The summed E-state index contributed by atoms with van der Waals surface area (Å²) in [7, 11) is 3.29. The molecule has 0 fully saturated rings. The lowest BCUT2D eigenvalue weighted by molar-refractivity contribution is -0.120. The molecule has 3 aromatic carbocycles. The first kappa shape index (κ1) is 23.1. The van der Waals surface area contributed by atoms with Gasteiger partial charge in [0.1, 0.15) is 30.0 Å². The number of benzene rings is 3. The summed E-state index contributed by atoms with van der Waals surface area (Å²) in [6.07, 6.45) is 0.515. The lowest BCUT2D eigenvalue weighted by Crippen LogP contribution is -2.49. The molecule has 4 aromatic rings. The SMILES string of the molecule is COc1ccc(-c2ccc3c(c2)N(C)C(=O)[C@@H](NC(=O)c2n[nH]c(Cc4ccccc4)n2)CO3)cc1. The molecule has 0 bridgehead atoms. The molecule has 1 atom stereocenters. The third-order valence-corrected chi connectivity index (χ3v) is 6.03. The molecule has 0 aliphatic carbocycles. The van der Waals surface area contributed by atoms with Gasteiger partial charge in [0.05, 0.1) is 12.8 Å². The normalized spacial score (nSPS) is 15.0. The summed E-state index contributed by atoms with van der Waals surface area (Å²) < 4.78 is 11.1. The van der Waals surface area contributed by atoms with Crippen LogP contribution in [0.15, 0.2) is 72.8 Å².